The van der Waals surface area contributed by atoms with Crippen LogP contribution in [0.25, 0.3) is 0 Å². The minimum Gasteiger partial charge on any atom is -0.378 e. The number of nitrogens with zero attached hydrogens (tertiary/aromatic N) is 2. The van der Waals surface area contributed by atoms with E-state index in [1.54, 1.807) is 4.90 Å². The topological polar surface area (TPSA) is 61.9 Å². The largest absolute Gasteiger partial charge is 0.378 e. The molecule has 6 heteroatoms. The van der Waals surface area contributed by atoms with Crippen molar-refractivity contribution in [3.8, 4) is 0 Å². The summed E-state index contributed by atoms with van der Waals surface area (Å²) in [5, 5.41) is 2.93. The van der Waals surface area contributed by atoms with Crippen LogP contribution in [0.3, 0.4) is 0 Å². The van der Waals surface area contributed by atoms with Gasteiger partial charge in [-0.2, -0.15) is 0 Å². The maximum absolute atomic E-state index is 12.8. The van der Waals surface area contributed by atoms with Crippen LogP contribution >= 0.6 is 0 Å². The third kappa shape index (κ3) is 4.02. The van der Waals surface area contributed by atoms with Crippen molar-refractivity contribution in [3.05, 3.63) is 54.1 Å². The summed E-state index contributed by atoms with van der Waals surface area (Å²) >= 11 is 0. The number of aryl methyl sites for hydroxylation is 1. The highest BCUT2D eigenvalue weighted by atomic mass is 16.5. The molecule has 0 unspecified atom stereocenters. The Kier molecular flexibility index (Phi) is 5.58. The Morgan fingerprint density at radius 1 is 0.929 bits per heavy atom. The second-order valence-electron chi connectivity index (χ2n) is 7.12. The van der Waals surface area contributed by atoms with Crippen LogP contribution in [0.1, 0.15) is 18.4 Å². The Morgan fingerprint density at radius 3 is 2.46 bits per heavy atom. The first-order valence-electron chi connectivity index (χ1n) is 9.82. The van der Waals surface area contributed by atoms with Crippen LogP contribution in [-0.4, -0.2) is 44.7 Å². The van der Waals surface area contributed by atoms with Gasteiger partial charge in [-0.15, -0.1) is 0 Å². The first kappa shape index (κ1) is 18.5. The second-order valence-corrected chi connectivity index (χ2v) is 7.12. The third-order valence-electron chi connectivity index (χ3n) is 5.25. The Morgan fingerprint density at radius 2 is 1.64 bits per heavy atom. The quantitative estimate of drug-likeness (QED) is 0.830. The maximum atomic E-state index is 12.8. The van der Waals surface area contributed by atoms with Crippen LogP contribution in [0, 0.1) is 0 Å². The van der Waals surface area contributed by atoms with Gasteiger partial charge >= 0.3 is 0 Å². The number of carbonyl (C=O) groups is 2. The number of nitrogens with one attached hydrogen (secondary N) is 1. The lowest BCUT2D eigenvalue weighted by Gasteiger charge is -2.31. The number of rotatable bonds is 4. The van der Waals surface area contributed by atoms with Gasteiger partial charge < -0.3 is 19.9 Å². The fourth-order valence-corrected chi connectivity index (χ4v) is 3.88. The Labute approximate surface area is 165 Å². The van der Waals surface area contributed by atoms with Gasteiger partial charge in [0, 0.05) is 25.3 Å². The molecule has 4 rings (SSSR count). The molecule has 28 heavy (non-hydrogen) atoms. The van der Waals surface area contributed by atoms with Gasteiger partial charge in [-0.1, -0.05) is 30.3 Å². The van der Waals surface area contributed by atoms with Crippen molar-refractivity contribution in [3.63, 3.8) is 0 Å². The number of fused-ring (bicyclic) bond motifs is 1. The average molecular weight is 379 g/mol. The molecule has 146 valence electrons. The molecular formula is C22H25N3O3. The molecule has 0 aliphatic carbocycles. The van der Waals surface area contributed by atoms with Crippen molar-refractivity contribution in [2.75, 3.05) is 48.0 Å². The maximum Gasteiger partial charge on any atom is 0.236 e. The number of benzene rings is 2. The summed E-state index contributed by atoms with van der Waals surface area (Å²) in [6, 6.07) is 15.6. The Bertz CT molecular complexity index is 862. The number of hydrogen-bond donors (Lipinski definition) is 1. The molecule has 2 aromatic rings. The second kappa shape index (κ2) is 8.44. The van der Waals surface area contributed by atoms with Gasteiger partial charge in [-0.3, -0.25) is 9.59 Å². The van der Waals surface area contributed by atoms with E-state index >= 15 is 0 Å². The number of morpholine rings is 1. The highest BCUT2D eigenvalue weighted by Crippen LogP contribution is 2.28. The molecule has 0 spiro atoms. The molecule has 0 aromatic heterocycles. The molecule has 1 fully saturated rings. The molecular weight excluding hydrogens is 354 g/mol. The zero-order chi connectivity index (χ0) is 19.3. The monoisotopic (exact) mass is 379 g/mol. The predicted molar refractivity (Wildman–Crippen MR) is 110 cm³/mol. The minimum absolute atomic E-state index is 0.159. The lowest BCUT2D eigenvalue weighted by molar-refractivity contribution is -0.125. The van der Waals surface area contributed by atoms with Gasteiger partial charge in [0.15, 0.2) is 0 Å². The summed E-state index contributed by atoms with van der Waals surface area (Å²) in [5.74, 6) is -0.442. The lowest BCUT2D eigenvalue weighted by atomic mass is 10.0. The normalized spacial score (nSPS) is 16.4. The predicted octanol–water partition coefficient (Wildman–Crippen LogP) is 2.83. The SMILES string of the molecule is O=C(CC(=O)N1CCCc2ccccc21)Nc1ccccc1N1CCOCC1. The van der Waals surface area contributed by atoms with Crippen LogP contribution < -0.4 is 15.1 Å². The molecule has 0 atom stereocenters. The summed E-state index contributed by atoms with van der Waals surface area (Å²) in [6.07, 6.45) is 1.73. The molecule has 1 saturated heterocycles. The molecule has 0 saturated carbocycles. The van der Waals surface area contributed by atoms with Crippen LogP contribution in [0.15, 0.2) is 48.5 Å². The van der Waals surface area contributed by atoms with E-state index in [1.165, 1.54) is 5.56 Å². The summed E-state index contributed by atoms with van der Waals surface area (Å²) in [6.45, 7) is 3.59. The fraction of sp³-hybridized carbons (Fsp3) is 0.364. The molecule has 6 nitrogen and oxygen atoms in total. The van der Waals surface area contributed by atoms with Crippen molar-refractivity contribution < 1.29 is 14.3 Å². The number of carbonyl (C=O) groups excluding carboxylic acids is 2. The van der Waals surface area contributed by atoms with Gasteiger partial charge in [0.25, 0.3) is 0 Å². The number of anilines is 3. The van der Waals surface area contributed by atoms with Crippen LogP contribution in [0.4, 0.5) is 17.1 Å². The van der Waals surface area contributed by atoms with Crippen molar-refractivity contribution in [2.45, 2.75) is 19.3 Å². The molecule has 2 amide bonds. The Hall–Kier alpha value is -2.86. The third-order valence-corrected chi connectivity index (χ3v) is 5.25. The summed E-state index contributed by atoms with van der Waals surface area (Å²) in [4.78, 5) is 29.3. The van der Waals surface area contributed by atoms with Gasteiger partial charge in [0.2, 0.25) is 11.8 Å². The van der Waals surface area contributed by atoms with Gasteiger partial charge in [0.1, 0.15) is 6.42 Å². The smallest absolute Gasteiger partial charge is 0.236 e. The van der Waals surface area contributed by atoms with E-state index in [0.717, 1.165) is 43.0 Å². The molecule has 2 aliphatic heterocycles. The van der Waals surface area contributed by atoms with E-state index < -0.39 is 0 Å². The highest BCUT2D eigenvalue weighted by Gasteiger charge is 2.24. The molecule has 2 aliphatic rings. The van der Waals surface area contributed by atoms with Crippen molar-refractivity contribution in [2.24, 2.45) is 0 Å². The van der Waals surface area contributed by atoms with E-state index in [-0.39, 0.29) is 18.2 Å². The van der Waals surface area contributed by atoms with Crippen LogP contribution in [0.5, 0.6) is 0 Å². The zero-order valence-corrected chi connectivity index (χ0v) is 15.9. The number of hydrogen-bond acceptors (Lipinski definition) is 4. The number of ether oxygens (including phenoxy) is 1. The zero-order valence-electron chi connectivity index (χ0n) is 15.9. The molecule has 2 heterocycles. The van der Waals surface area contributed by atoms with E-state index in [1.807, 2.05) is 48.5 Å². The first-order valence-corrected chi connectivity index (χ1v) is 9.82. The van der Waals surface area contributed by atoms with Crippen LogP contribution in [-0.2, 0) is 20.7 Å². The first-order chi connectivity index (χ1) is 13.7. The van der Waals surface area contributed by atoms with E-state index in [2.05, 4.69) is 10.2 Å². The van der Waals surface area contributed by atoms with Crippen LogP contribution in [0.2, 0.25) is 0 Å². The highest BCUT2D eigenvalue weighted by molar-refractivity contribution is 6.10. The fourth-order valence-electron chi connectivity index (χ4n) is 3.88. The van der Waals surface area contributed by atoms with Gasteiger partial charge in [0.05, 0.1) is 24.6 Å². The summed E-state index contributed by atoms with van der Waals surface area (Å²) in [7, 11) is 0. The number of para-hydroxylation sites is 3. The minimum atomic E-state index is -0.284. The number of amides is 2. The van der Waals surface area contributed by atoms with Crippen molar-refractivity contribution in [1.82, 2.24) is 0 Å². The molecule has 0 bridgehead atoms. The summed E-state index contributed by atoms with van der Waals surface area (Å²) in [5.41, 5.74) is 3.80. The Balaban J connectivity index is 1.43. The lowest BCUT2D eigenvalue weighted by Crippen LogP contribution is -2.38. The molecule has 1 N–H and O–H groups in total. The summed E-state index contributed by atoms with van der Waals surface area (Å²) < 4.78 is 5.41. The standard InChI is InChI=1S/C22H25N3O3/c26-21(16-22(27)25-11-5-7-17-6-1-3-9-19(17)25)23-18-8-2-4-10-20(18)24-12-14-28-15-13-24/h1-4,6,8-10H,5,7,11-16H2,(H,23,26). The van der Waals surface area contributed by atoms with E-state index in [4.69, 9.17) is 4.74 Å². The van der Waals surface area contributed by atoms with Crippen molar-refractivity contribution >= 4 is 28.9 Å². The van der Waals surface area contributed by atoms with E-state index in [0.29, 0.717) is 19.8 Å². The van der Waals surface area contributed by atoms with Crippen molar-refractivity contribution in [1.29, 1.82) is 0 Å². The molecule has 2 aromatic carbocycles. The van der Waals surface area contributed by atoms with Gasteiger partial charge in [-0.25, -0.2) is 0 Å². The molecule has 0 radical (unpaired) electrons. The average Bonchev–Trinajstić information content (AvgIpc) is 2.74. The van der Waals surface area contributed by atoms with E-state index in [9.17, 15) is 9.59 Å². The van der Waals surface area contributed by atoms with Gasteiger partial charge in [-0.05, 0) is 36.6 Å².